The molecule has 3 atom stereocenters. The molecule has 1 saturated heterocycles. The summed E-state index contributed by atoms with van der Waals surface area (Å²) in [7, 11) is 0. The normalized spacial score (nSPS) is 19.4. The van der Waals surface area contributed by atoms with Crippen molar-refractivity contribution in [1.82, 2.24) is 4.90 Å². The van der Waals surface area contributed by atoms with Gasteiger partial charge in [0.05, 0.1) is 19.1 Å². The van der Waals surface area contributed by atoms with Crippen LogP contribution in [0.4, 0.5) is 10.1 Å². The number of hydrogen-bond donors (Lipinski definition) is 2. The maximum Gasteiger partial charge on any atom is 0.309 e. The van der Waals surface area contributed by atoms with Crippen LogP contribution in [0.5, 0.6) is 17.2 Å². The van der Waals surface area contributed by atoms with Gasteiger partial charge in [-0.05, 0) is 65.8 Å². The standard InChI is InChI=1S/C34H39FN2O6/c1-4-7-15-41-25-13-11-23(12-14-25)32-30(34(39)40)26(24-16-27(35)33-28(17-24)42-20-43-33)18-37(32)19-29(38)36-31-21(5-2)9-8-10-22(31)6-3/h8-14,16-17,26,30,32H,4-7,15,18-20H2,1-3H3,(H,36,38)(H,39,40)/t26-,30-,32+/m1/s1. The Morgan fingerprint density at radius 3 is 2.40 bits per heavy atom. The first-order valence-corrected chi connectivity index (χ1v) is 15.0. The van der Waals surface area contributed by atoms with Gasteiger partial charge in [-0.2, -0.15) is 0 Å². The number of carbonyl (C=O) groups excluding carboxylic acids is 1. The lowest BCUT2D eigenvalue weighted by Gasteiger charge is -2.27. The van der Waals surface area contributed by atoms with Gasteiger partial charge in [-0.25, -0.2) is 4.39 Å². The number of nitrogens with zero attached hydrogens (tertiary/aromatic N) is 1. The van der Waals surface area contributed by atoms with E-state index in [0.717, 1.165) is 48.1 Å². The van der Waals surface area contributed by atoms with Crippen LogP contribution in [0.25, 0.3) is 0 Å². The van der Waals surface area contributed by atoms with Crippen LogP contribution in [0.1, 0.15) is 67.8 Å². The lowest BCUT2D eigenvalue weighted by Crippen LogP contribution is -2.35. The molecule has 0 spiro atoms. The number of para-hydroxylation sites is 1. The molecule has 0 bridgehead atoms. The second kappa shape index (κ2) is 13.5. The Morgan fingerprint density at radius 2 is 1.74 bits per heavy atom. The molecule has 3 aromatic carbocycles. The van der Waals surface area contributed by atoms with E-state index in [1.54, 1.807) is 6.07 Å². The number of benzene rings is 3. The van der Waals surface area contributed by atoms with Crippen molar-refractivity contribution in [2.24, 2.45) is 5.92 Å². The third-order valence-corrected chi connectivity index (χ3v) is 8.36. The molecule has 43 heavy (non-hydrogen) atoms. The molecule has 0 saturated carbocycles. The average Bonchev–Trinajstić information content (AvgIpc) is 3.63. The molecule has 0 aliphatic carbocycles. The number of fused-ring (bicyclic) bond motifs is 1. The average molecular weight is 591 g/mol. The Balaban J connectivity index is 1.48. The van der Waals surface area contributed by atoms with Crippen LogP contribution in [-0.4, -0.2) is 48.4 Å². The number of hydrogen-bond acceptors (Lipinski definition) is 6. The summed E-state index contributed by atoms with van der Waals surface area (Å²) in [5.41, 5.74) is 4.13. The molecular weight excluding hydrogens is 551 g/mol. The van der Waals surface area contributed by atoms with E-state index < -0.39 is 29.7 Å². The lowest BCUT2D eigenvalue weighted by molar-refractivity contribution is -0.143. The summed E-state index contributed by atoms with van der Waals surface area (Å²) in [4.78, 5) is 28.4. The Kier molecular flexibility index (Phi) is 9.50. The third-order valence-electron chi connectivity index (χ3n) is 8.36. The number of halogens is 1. The number of aryl methyl sites for hydroxylation is 2. The van der Waals surface area contributed by atoms with Crippen molar-refractivity contribution in [3.8, 4) is 17.2 Å². The highest BCUT2D eigenvalue weighted by Crippen LogP contribution is 2.48. The second-order valence-corrected chi connectivity index (χ2v) is 11.1. The molecule has 0 radical (unpaired) electrons. The van der Waals surface area contributed by atoms with E-state index in [2.05, 4.69) is 12.2 Å². The van der Waals surface area contributed by atoms with Crippen LogP contribution in [0, 0.1) is 11.7 Å². The van der Waals surface area contributed by atoms with Crippen LogP contribution in [-0.2, 0) is 22.4 Å². The number of aliphatic carboxylic acids is 1. The van der Waals surface area contributed by atoms with Crippen molar-refractivity contribution in [2.45, 2.75) is 58.4 Å². The van der Waals surface area contributed by atoms with Gasteiger partial charge in [-0.3, -0.25) is 14.5 Å². The fourth-order valence-corrected chi connectivity index (χ4v) is 6.19. The van der Waals surface area contributed by atoms with Crippen LogP contribution in [0.2, 0.25) is 0 Å². The minimum atomic E-state index is -1.02. The van der Waals surface area contributed by atoms with E-state index in [9.17, 15) is 19.1 Å². The Bertz CT molecular complexity index is 1440. The van der Waals surface area contributed by atoms with Gasteiger partial charge in [0.2, 0.25) is 18.4 Å². The summed E-state index contributed by atoms with van der Waals surface area (Å²) in [6.07, 6.45) is 3.48. The first kappa shape index (κ1) is 30.4. The van der Waals surface area contributed by atoms with Crippen molar-refractivity contribution in [1.29, 1.82) is 0 Å². The smallest absolute Gasteiger partial charge is 0.309 e. The Labute approximate surface area is 251 Å². The molecule has 2 N–H and O–H groups in total. The number of carboxylic acid groups (broad SMARTS) is 1. The fraction of sp³-hybridized carbons (Fsp3) is 0.412. The number of anilines is 1. The molecule has 2 aliphatic rings. The second-order valence-electron chi connectivity index (χ2n) is 11.1. The monoisotopic (exact) mass is 590 g/mol. The molecule has 3 aromatic rings. The zero-order valence-electron chi connectivity index (χ0n) is 24.9. The molecule has 228 valence electrons. The van der Waals surface area contributed by atoms with Gasteiger partial charge in [0.1, 0.15) is 5.75 Å². The van der Waals surface area contributed by atoms with Crippen LogP contribution < -0.4 is 19.5 Å². The predicted octanol–water partition coefficient (Wildman–Crippen LogP) is 6.34. The van der Waals surface area contributed by atoms with E-state index in [1.807, 2.05) is 61.2 Å². The minimum Gasteiger partial charge on any atom is -0.494 e. The summed E-state index contributed by atoms with van der Waals surface area (Å²) in [5.74, 6) is -2.43. The van der Waals surface area contributed by atoms with Gasteiger partial charge in [0.25, 0.3) is 0 Å². The molecule has 1 fully saturated rings. The van der Waals surface area contributed by atoms with Crippen LogP contribution in [0.3, 0.4) is 0 Å². The van der Waals surface area contributed by atoms with Crippen molar-refractivity contribution in [3.05, 3.63) is 82.7 Å². The van der Waals surface area contributed by atoms with Gasteiger partial charge < -0.3 is 24.6 Å². The van der Waals surface area contributed by atoms with E-state index in [0.29, 0.717) is 17.9 Å². The molecule has 1 amide bonds. The highest BCUT2D eigenvalue weighted by atomic mass is 19.1. The largest absolute Gasteiger partial charge is 0.494 e. The number of rotatable bonds is 12. The van der Waals surface area contributed by atoms with E-state index >= 15 is 0 Å². The minimum absolute atomic E-state index is 0.0291. The first-order valence-electron chi connectivity index (χ1n) is 15.0. The SMILES string of the molecule is CCCCOc1ccc([C@H]2[C@H](C(=O)O)[C@@H](c3cc(F)c4c(c3)OCO4)CN2CC(=O)Nc2c(CC)cccc2CC)cc1. The Morgan fingerprint density at radius 1 is 1.02 bits per heavy atom. The van der Waals surface area contributed by atoms with Gasteiger partial charge in [0, 0.05) is 24.2 Å². The van der Waals surface area contributed by atoms with Gasteiger partial charge >= 0.3 is 5.97 Å². The topological polar surface area (TPSA) is 97.3 Å². The van der Waals surface area contributed by atoms with E-state index in [-0.39, 0.29) is 37.3 Å². The van der Waals surface area contributed by atoms with Crippen molar-refractivity contribution in [2.75, 3.05) is 31.8 Å². The molecule has 5 rings (SSSR count). The highest BCUT2D eigenvalue weighted by molar-refractivity contribution is 5.94. The summed E-state index contributed by atoms with van der Waals surface area (Å²) < 4.78 is 31.5. The summed E-state index contributed by atoms with van der Waals surface area (Å²) in [5, 5.41) is 13.7. The van der Waals surface area contributed by atoms with Gasteiger partial charge in [-0.15, -0.1) is 0 Å². The van der Waals surface area contributed by atoms with Gasteiger partial charge in [-0.1, -0.05) is 57.5 Å². The Hall–Kier alpha value is -4.11. The summed E-state index contributed by atoms with van der Waals surface area (Å²) in [6.45, 7) is 6.89. The van der Waals surface area contributed by atoms with Crippen LogP contribution in [0.15, 0.2) is 54.6 Å². The molecule has 2 aliphatic heterocycles. The number of carbonyl (C=O) groups is 2. The number of unbranched alkanes of at least 4 members (excludes halogenated alkanes) is 1. The highest BCUT2D eigenvalue weighted by Gasteiger charge is 2.48. The molecule has 0 aromatic heterocycles. The van der Waals surface area contributed by atoms with Crippen molar-refractivity contribution < 1.29 is 33.3 Å². The lowest BCUT2D eigenvalue weighted by atomic mass is 9.82. The van der Waals surface area contributed by atoms with Crippen LogP contribution >= 0.6 is 0 Å². The van der Waals surface area contributed by atoms with E-state index in [1.165, 1.54) is 6.07 Å². The molecule has 8 nitrogen and oxygen atoms in total. The van der Waals surface area contributed by atoms with Gasteiger partial charge in [0.15, 0.2) is 11.6 Å². The number of carboxylic acids is 1. The van der Waals surface area contributed by atoms with E-state index in [4.69, 9.17) is 14.2 Å². The predicted molar refractivity (Wildman–Crippen MR) is 161 cm³/mol. The molecule has 2 heterocycles. The van der Waals surface area contributed by atoms with Crippen molar-refractivity contribution >= 4 is 17.6 Å². The maximum absolute atomic E-state index is 15.0. The number of ether oxygens (including phenoxy) is 3. The maximum atomic E-state index is 15.0. The molecule has 0 unspecified atom stereocenters. The molecular formula is C34H39FN2O6. The first-order chi connectivity index (χ1) is 20.8. The quantitative estimate of drug-likeness (QED) is 0.238. The third kappa shape index (κ3) is 6.46. The zero-order chi connectivity index (χ0) is 30.5. The number of nitrogens with one attached hydrogen (secondary N) is 1. The zero-order valence-corrected chi connectivity index (χ0v) is 24.9. The number of likely N-dealkylation sites (tertiary alicyclic amines) is 1. The number of amides is 1. The summed E-state index contributed by atoms with van der Waals surface area (Å²) >= 11 is 0. The summed E-state index contributed by atoms with van der Waals surface area (Å²) in [6, 6.07) is 15.7. The molecule has 9 heteroatoms. The fourth-order valence-electron chi connectivity index (χ4n) is 6.19. The van der Waals surface area contributed by atoms with Crippen molar-refractivity contribution in [3.63, 3.8) is 0 Å².